The van der Waals surface area contributed by atoms with E-state index in [0.717, 1.165) is 17.8 Å². The zero-order valence-corrected chi connectivity index (χ0v) is 14.2. The van der Waals surface area contributed by atoms with Gasteiger partial charge in [-0.25, -0.2) is 4.68 Å². The molecule has 0 atom stereocenters. The van der Waals surface area contributed by atoms with Crippen LogP contribution >= 0.6 is 0 Å². The molecule has 3 rings (SSSR count). The van der Waals surface area contributed by atoms with Crippen molar-refractivity contribution in [3.05, 3.63) is 34.6 Å². The number of rotatable bonds is 6. The number of nitrogens with one attached hydrogen (secondary N) is 1. The summed E-state index contributed by atoms with van der Waals surface area (Å²) < 4.78 is 8.41. The average Bonchev–Trinajstić information content (AvgIpc) is 3.11. The van der Waals surface area contributed by atoms with Crippen LogP contribution in [0, 0.1) is 5.92 Å². The van der Waals surface area contributed by atoms with Crippen LogP contribution in [-0.4, -0.2) is 26.6 Å². The van der Waals surface area contributed by atoms with Crippen LogP contribution in [0.5, 0.6) is 0 Å². The number of fused-ring (bicyclic) bond motifs is 3. The third-order valence-electron chi connectivity index (χ3n) is 4.02. The quantitative estimate of drug-likeness (QED) is 0.749. The molecule has 0 radical (unpaired) electrons. The molecule has 3 aromatic heterocycles. The van der Waals surface area contributed by atoms with Crippen molar-refractivity contribution >= 4 is 22.5 Å². The Morgan fingerprint density at radius 3 is 2.88 bits per heavy atom. The van der Waals surface area contributed by atoms with Gasteiger partial charge in [0.1, 0.15) is 17.9 Å². The molecular weight excluding hydrogens is 308 g/mol. The van der Waals surface area contributed by atoms with E-state index in [2.05, 4.69) is 24.3 Å². The molecule has 7 heteroatoms. The van der Waals surface area contributed by atoms with Crippen LogP contribution in [0.1, 0.15) is 33.0 Å². The normalized spacial score (nSPS) is 11.7. The smallest absolute Gasteiger partial charge is 0.291 e. The SMILES string of the molecule is CCc1nn(CC(=O)NCCC(C)C)c(=O)c2cc3occc3n12. The molecule has 1 N–H and O–H groups in total. The van der Waals surface area contributed by atoms with Crippen LogP contribution < -0.4 is 10.9 Å². The second-order valence-corrected chi connectivity index (χ2v) is 6.30. The molecule has 3 heterocycles. The molecule has 24 heavy (non-hydrogen) atoms. The topological polar surface area (TPSA) is 81.5 Å². The number of hydrogen-bond donors (Lipinski definition) is 1. The van der Waals surface area contributed by atoms with Gasteiger partial charge in [0.15, 0.2) is 5.58 Å². The summed E-state index contributed by atoms with van der Waals surface area (Å²) in [6.45, 7) is 6.69. The standard InChI is InChI=1S/C17H22N4O3/c1-4-15-19-20(10-16(22)18-7-5-11(2)3)17(23)13-9-14-12(21(13)15)6-8-24-14/h6,8-9,11H,4-5,7,10H2,1-3H3,(H,18,22). The van der Waals surface area contributed by atoms with Gasteiger partial charge in [-0.1, -0.05) is 20.8 Å². The Balaban J connectivity index is 1.92. The van der Waals surface area contributed by atoms with E-state index in [0.29, 0.717) is 30.0 Å². The van der Waals surface area contributed by atoms with E-state index in [1.54, 1.807) is 16.7 Å². The van der Waals surface area contributed by atoms with Gasteiger partial charge in [0.2, 0.25) is 5.91 Å². The maximum Gasteiger partial charge on any atom is 0.291 e. The van der Waals surface area contributed by atoms with E-state index < -0.39 is 0 Å². The van der Waals surface area contributed by atoms with Crippen LogP contribution in [0.4, 0.5) is 0 Å². The Bertz CT molecular complexity index is 933. The Morgan fingerprint density at radius 1 is 1.38 bits per heavy atom. The summed E-state index contributed by atoms with van der Waals surface area (Å²) >= 11 is 0. The summed E-state index contributed by atoms with van der Waals surface area (Å²) in [7, 11) is 0. The molecule has 0 bridgehead atoms. The summed E-state index contributed by atoms with van der Waals surface area (Å²) in [5.74, 6) is 1.04. The second kappa shape index (κ2) is 6.51. The molecule has 128 valence electrons. The lowest BCUT2D eigenvalue weighted by atomic mass is 10.1. The van der Waals surface area contributed by atoms with Gasteiger partial charge in [-0.3, -0.25) is 14.0 Å². The van der Waals surface area contributed by atoms with Gasteiger partial charge < -0.3 is 9.73 Å². The van der Waals surface area contributed by atoms with Crippen molar-refractivity contribution in [3.8, 4) is 0 Å². The molecule has 7 nitrogen and oxygen atoms in total. The number of nitrogens with zero attached hydrogens (tertiary/aromatic N) is 3. The maximum atomic E-state index is 12.6. The maximum absolute atomic E-state index is 12.6. The monoisotopic (exact) mass is 330 g/mol. The van der Waals surface area contributed by atoms with Crippen molar-refractivity contribution in [2.45, 2.75) is 40.2 Å². The first-order chi connectivity index (χ1) is 11.5. The Kier molecular flexibility index (Phi) is 4.42. The van der Waals surface area contributed by atoms with Gasteiger partial charge in [-0.15, -0.1) is 0 Å². The van der Waals surface area contributed by atoms with Crippen LogP contribution in [0.3, 0.4) is 0 Å². The Hall–Kier alpha value is -2.57. The molecule has 0 saturated heterocycles. The average molecular weight is 330 g/mol. The van der Waals surface area contributed by atoms with E-state index in [4.69, 9.17) is 4.42 Å². The molecule has 0 spiro atoms. The molecule has 1 amide bonds. The minimum atomic E-state index is -0.294. The van der Waals surface area contributed by atoms with Gasteiger partial charge in [0.25, 0.3) is 5.56 Å². The minimum absolute atomic E-state index is 0.0764. The Labute approximate surface area is 139 Å². The fraction of sp³-hybridized carbons (Fsp3) is 0.471. The first kappa shape index (κ1) is 16.3. The fourth-order valence-corrected chi connectivity index (χ4v) is 2.75. The lowest BCUT2D eigenvalue weighted by Gasteiger charge is -2.10. The van der Waals surface area contributed by atoms with E-state index in [9.17, 15) is 9.59 Å². The van der Waals surface area contributed by atoms with Crippen LogP contribution in [-0.2, 0) is 17.8 Å². The number of aryl methyl sites for hydroxylation is 1. The number of furan rings is 1. The molecule has 3 aromatic rings. The van der Waals surface area contributed by atoms with E-state index in [1.807, 2.05) is 13.0 Å². The summed E-state index contributed by atoms with van der Waals surface area (Å²) in [5.41, 5.74) is 1.64. The first-order valence-electron chi connectivity index (χ1n) is 8.26. The van der Waals surface area contributed by atoms with Crippen molar-refractivity contribution in [1.29, 1.82) is 0 Å². The summed E-state index contributed by atoms with van der Waals surface area (Å²) in [6, 6.07) is 3.51. The third-order valence-corrected chi connectivity index (χ3v) is 4.02. The highest BCUT2D eigenvalue weighted by molar-refractivity contribution is 5.82. The summed E-state index contributed by atoms with van der Waals surface area (Å²) in [5, 5.41) is 7.20. The zero-order chi connectivity index (χ0) is 17.3. The molecule has 0 aliphatic heterocycles. The molecular formula is C17H22N4O3. The predicted octanol–water partition coefficient (Wildman–Crippen LogP) is 1.97. The van der Waals surface area contributed by atoms with Crippen molar-refractivity contribution in [1.82, 2.24) is 19.5 Å². The molecule has 0 aliphatic carbocycles. The lowest BCUT2D eigenvalue weighted by molar-refractivity contribution is -0.121. The third kappa shape index (κ3) is 2.93. The number of amides is 1. The molecule has 0 aromatic carbocycles. The summed E-state index contributed by atoms with van der Waals surface area (Å²) in [4.78, 5) is 24.7. The molecule has 0 fully saturated rings. The number of aromatic nitrogens is 3. The van der Waals surface area contributed by atoms with Crippen molar-refractivity contribution in [2.24, 2.45) is 5.92 Å². The van der Waals surface area contributed by atoms with Gasteiger partial charge in [0.05, 0.1) is 11.8 Å². The van der Waals surface area contributed by atoms with E-state index in [1.165, 1.54) is 4.68 Å². The largest absolute Gasteiger partial charge is 0.463 e. The van der Waals surface area contributed by atoms with Crippen LogP contribution in [0.25, 0.3) is 16.6 Å². The highest BCUT2D eigenvalue weighted by Crippen LogP contribution is 2.20. The zero-order valence-electron chi connectivity index (χ0n) is 14.2. The molecule has 0 aliphatic rings. The fourth-order valence-electron chi connectivity index (χ4n) is 2.75. The summed E-state index contributed by atoms with van der Waals surface area (Å²) in [6.07, 6.45) is 3.13. The highest BCUT2D eigenvalue weighted by atomic mass is 16.3. The van der Waals surface area contributed by atoms with Crippen LogP contribution in [0.15, 0.2) is 27.6 Å². The second-order valence-electron chi connectivity index (χ2n) is 6.30. The van der Waals surface area contributed by atoms with Crippen molar-refractivity contribution < 1.29 is 9.21 Å². The molecule has 0 saturated carbocycles. The van der Waals surface area contributed by atoms with Crippen molar-refractivity contribution in [2.75, 3.05) is 6.54 Å². The van der Waals surface area contributed by atoms with Gasteiger partial charge in [0, 0.05) is 25.1 Å². The predicted molar refractivity (Wildman–Crippen MR) is 91.1 cm³/mol. The van der Waals surface area contributed by atoms with Crippen molar-refractivity contribution in [3.63, 3.8) is 0 Å². The first-order valence-corrected chi connectivity index (χ1v) is 8.26. The minimum Gasteiger partial charge on any atom is -0.463 e. The Morgan fingerprint density at radius 2 is 2.17 bits per heavy atom. The van der Waals surface area contributed by atoms with Crippen LogP contribution in [0.2, 0.25) is 0 Å². The van der Waals surface area contributed by atoms with E-state index in [-0.39, 0.29) is 18.0 Å². The number of carbonyl (C=O) groups excluding carboxylic acids is 1. The van der Waals surface area contributed by atoms with Gasteiger partial charge in [-0.2, -0.15) is 5.10 Å². The van der Waals surface area contributed by atoms with Gasteiger partial charge >= 0.3 is 0 Å². The highest BCUT2D eigenvalue weighted by Gasteiger charge is 2.16. The number of hydrogen-bond acceptors (Lipinski definition) is 4. The van der Waals surface area contributed by atoms with E-state index >= 15 is 0 Å². The number of carbonyl (C=O) groups is 1. The lowest BCUT2D eigenvalue weighted by Crippen LogP contribution is -2.35. The molecule has 0 unspecified atom stereocenters. The van der Waals surface area contributed by atoms with Gasteiger partial charge in [-0.05, 0) is 12.3 Å².